The number of hydrogen-bond acceptors (Lipinski definition) is 4. The molecule has 0 amide bonds. The van der Waals surface area contributed by atoms with Crippen LogP contribution in [0.15, 0.2) is 29.3 Å². The van der Waals surface area contributed by atoms with E-state index in [0.29, 0.717) is 15.9 Å². The van der Waals surface area contributed by atoms with Crippen LogP contribution in [0.4, 0.5) is 4.79 Å². The van der Waals surface area contributed by atoms with Gasteiger partial charge in [-0.05, 0) is 39.0 Å². The number of carbonyl (C=O) groups excluding carboxylic acids is 1. The molecule has 0 N–H and O–H groups in total. The standard InChI is InChI=1S/C13H13Cl2NO4S/c1-13(2,3)20-12(17)16-7-10(14)9-5-4-8(6-11(9)16)21(15,18)19/h4-7H,1-3H3. The number of halogens is 2. The smallest absolute Gasteiger partial charge is 0.419 e. The Kier molecular flexibility index (Phi) is 3.99. The molecule has 0 atom stereocenters. The van der Waals surface area contributed by atoms with Crippen LogP contribution in [0.5, 0.6) is 0 Å². The summed E-state index contributed by atoms with van der Waals surface area (Å²) in [6.45, 7) is 5.19. The Hall–Kier alpha value is -1.24. The van der Waals surface area contributed by atoms with E-state index in [-0.39, 0.29) is 4.90 Å². The summed E-state index contributed by atoms with van der Waals surface area (Å²) in [7, 11) is 1.42. The number of hydrogen-bond donors (Lipinski definition) is 0. The highest BCUT2D eigenvalue weighted by Gasteiger charge is 2.21. The minimum Gasteiger partial charge on any atom is -0.443 e. The SMILES string of the molecule is CC(C)(C)OC(=O)n1cc(Cl)c2ccc(S(=O)(=O)Cl)cc21. The van der Waals surface area contributed by atoms with Crippen molar-refractivity contribution in [3.8, 4) is 0 Å². The molecular weight excluding hydrogens is 337 g/mol. The molecule has 8 heteroatoms. The van der Waals surface area contributed by atoms with Crippen LogP contribution in [-0.2, 0) is 13.8 Å². The van der Waals surface area contributed by atoms with Crippen molar-refractivity contribution >= 4 is 48.3 Å². The van der Waals surface area contributed by atoms with Crippen LogP contribution in [0, 0.1) is 0 Å². The van der Waals surface area contributed by atoms with Gasteiger partial charge in [0.1, 0.15) is 5.60 Å². The zero-order valence-electron chi connectivity index (χ0n) is 11.6. The Labute approximate surface area is 131 Å². The van der Waals surface area contributed by atoms with Crippen LogP contribution in [0.2, 0.25) is 5.02 Å². The van der Waals surface area contributed by atoms with Crippen molar-refractivity contribution in [2.24, 2.45) is 0 Å². The Morgan fingerprint density at radius 1 is 1.29 bits per heavy atom. The van der Waals surface area contributed by atoms with Crippen LogP contribution in [0.1, 0.15) is 20.8 Å². The van der Waals surface area contributed by atoms with Crippen molar-refractivity contribution in [3.63, 3.8) is 0 Å². The summed E-state index contributed by atoms with van der Waals surface area (Å²) in [4.78, 5) is 12.0. The fraction of sp³-hybridized carbons (Fsp3) is 0.308. The first-order chi connectivity index (χ1) is 9.49. The molecule has 0 spiro atoms. The molecule has 1 aromatic carbocycles. The van der Waals surface area contributed by atoms with Gasteiger partial charge in [0.2, 0.25) is 0 Å². The highest BCUT2D eigenvalue weighted by molar-refractivity contribution is 8.13. The van der Waals surface area contributed by atoms with Crippen LogP contribution in [0.3, 0.4) is 0 Å². The molecule has 2 rings (SSSR count). The number of carbonyl (C=O) groups is 1. The van der Waals surface area contributed by atoms with Crippen molar-refractivity contribution in [3.05, 3.63) is 29.4 Å². The average Bonchev–Trinajstić information content (AvgIpc) is 2.63. The molecule has 5 nitrogen and oxygen atoms in total. The number of ether oxygens (including phenoxy) is 1. The van der Waals surface area contributed by atoms with Gasteiger partial charge in [0.05, 0.1) is 15.4 Å². The first-order valence-electron chi connectivity index (χ1n) is 5.98. The van der Waals surface area contributed by atoms with E-state index in [4.69, 9.17) is 27.0 Å². The zero-order valence-corrected chi connectivity index (χ0v) is 13.9. The van der Waals surface area contributed by atoms with E-state index in [1.807, 2.05) is 0 Å². The molecule has 1 heterocycles. The van der Waals surface area contributed by atoms with Crippen molar-refractivity contribution in [2.45, 2.75) is 31.3 Å². The summed E-state index contributed by atoms with van der Waals surface area (Å²) in [6.07, 6.45) is 0.730. The second-order valence-electron chi connectivity index (χ2n) is 5.44. The maximum Gasteiger partial charge on any atom is 0.419 e. The first-order valence-corrected chi connectivity index (χ1v) is 8.66. The molecule has 0 fully saturated rings. The van der Waals surface area contributed by atoms with Gasteiger partial charge in [0.15, 0.2) is 0 Å². The second-order valence-corrected chi connectivity index (χ2v) is 8.42. The van der Waals surface area contributed by atoms with Crippen molar-refractivity contribution in [2.75, 3.05) is 0 Å². The average molecular weight is 350 g/mol. The molecule has 21 heavy (non-hydrogen) atoms. The van der Waals surface area contributed by atoms with Crippen LogP contribution in [-0.4, -0.2) is 24.7 Å². The lowest BCUT2D eigenvalue weighted by Crippen LogP contribution is -2.26. The quantitative estimate of drug-likeness (QED) is 0.729. The molecule has 2 aromatic rings. The van der Waals surface area contributed by atoms with Gasteiger partial charge in [-0.1, -0.05) is 11.6 Å². The van der Waals surface area contributed by atoms with E-state index in [9.17, 15) is 13.2 Å². The predicted molar refractivity (Wildman–Crippen MR) is 81.6 cm³/mol. The number of benzene rings is 1. The van der Waals surface area contributed by atoms with E-state index in [1.165, 1.54) is 24.4 Å². The van der Waals surface area contributed by atoms with Gasteiger partial charge in [-0.3, -0.25) is 4.57 Å². The minimum atomic E-state index is -3.90. The number of rotatable bonds is 1. The van der Waals surface area contributed by atoms with Crippen molar-refractivity contribution in [1.82, 2.24) is 4.57 Å². The van der Waals surface area contributed by atoms with Crippen molar-refractivity contribution in [1.29, 1.82) is 0 Å². The van der Waals surface area contributed by atoms with Gasteiger partial charge in [-0.25, -0.2) is 13.2 Å². The summed E-state index contributed by atoms with van der Waals surface area (Å²) in [6, 6.07) is 4.11. The summed E-state index contributed by atoms with van der Waals surface area (Å²) in [5.74, 6) is 0. The monoisotopic (exact) mass is 349 g/mol. The number of nitrogens with zero attached hydrogens (tertiary/aromatic N) is 1. The summed E-state index contributed by atoms with van der Waals surface area (Å²) in [5, 5.41) is 0.848. The second kappa shape index (κ2) is 5.19. The Morgan fingerprint density at radius 3 is 2.43 bits per heavy atom. The Morgan fingerprint density at radius 2 is 1.90 bits per heavy atom. The van der Waals surface area contributed by atoms with Gasteiger partial charge < -0.3 is 4.74 Å². The lowest BCUT2D eigenvalue weighted by atomic mass is 10.2. The minimum absolute atomic E-state index is 0.115. The Bertz CT molecular complexity index is 819. The molecule has 1 aromatic heterocycles. The van der Waals surface area contributed by atoms with Crippen LogP contribution < -0.4 is 0 Å². The van der Waals surface area contributed by atoms with E-state index < -0.39 is 20.7 Å². The number of fused-ring (bicyclic) bond motifs is 1. The Balaban J connectivity index is 2.62. The van der Waals surface area contributed by atoms with E-state index >= 15 is 0 Å². The zero-order chi connectivity index (χ0) is 16.0. The molecule has 0 aliphatic rings. The third-order valence-corrected chi connectivity index (χ3v) is 4.25. The molecule has 0 saturated carbocycles. The summed E-state index contributed by atoms with van der Waals surface area (Å²) >= 11 is 6.05. The largest absolute Gasteiger partial charge is 0.443 e. The highest BCUT2D eigenvalue weighted by atomic mass is 35.7. The van der Waals surface area contributed by atoms with E-state index in [0.717, 1.165) is 4.57 Å². The molecule has 0 saturated heterocycles. The molecule has 0 aliphatic heterocycles. The molecule has 0 unspecified atom stereocenters. The van der Waals surface area contributed by atoms with Gasteiger partial charge in [-0.2, -0.15) is 0 Å². The maximum atomic E-state index is 12.1. The molecule has 114 valence electrons. The molecular formula is C13H13Cl2NO4S. The summed E-state index contributed by atoms with van der Waals surface area (Å²) < 4.78 is 29.2. The van der Waals surface area contributed by atoms with Gasteiger partial charge >= 0.3 is 6.09 Å². The van der Waals surface area contributed by atoms with Gasteiger partial charge in [0.25, 0.3) is 9.05 Å². The summed E-state index contributed by atoms with van der Waals surface area (Å²) in [5.41, 5.74) is -0.368. The predicted octanol–water partition coefficient (Wildman–Crippen LogP) is 4.01. The third-order valence-electron chi connectivity index (χ3n) is 2.60. The topological polar surface area (TPSA) is 65.4 Å². The van der Waals surface area contributed by atoms with Crippen LogP contribution >= 0.6 is 22.3 Å². The fourth-order valence-corrected chi connectivity index (χ4v) is 2.81. The van der Waals surface area contributed by atoms with Gasteiger partial charge in [0, 0.05) is 22.3 Å². The lowest BCUT2D eigenvalue weighted by Gasteiger charge is -2.19. The van der Waals surface area contributed by atoms with E-state index in [1.54, 1.807) is 20.8 Å². The fourth-order valence-electron chi connectivity index (χ4n) is 1.78. The normalized spacial score (nSPS) is 12.6. The van der Waals surface area contributed by atoms with E-state index in [2.05, 4.69) is 0 Å². The van der Waals surface area contributed by atoms with Crippen molar-refractivity contribution < 1.29 is 17.9 Å². The van der Waals surface area contributed by atoms with Crippen LogP contribution in [0.25, 0.3) is 10.9 Å². The first kappa shape index (κ1) is 16.1. The maximum absolute atomic E-state index is 12.1. The molecule has 0 radical (unpaired) electrons. The van der Waals surface area contributed by atoms with Gasteiger partial charge in [-0.15, -0.1) is 0 Å². The third kappa shape index (κ3) is 3.51. The lowest BCUT2D eigenvalue weighted by molar-refractivity contribution is 0.0544. The number of aromatic nitrogens is 1. The highest BCUT2D eigenvalue weighted by Crippen LogP contribution is 2.29. The molecule has 0 bridgehead atoms. The molecule has 0 aliphatic carbocycles.